The molecule has 364 valence electrons. The number of hydrogen-bond acceptors (Lipinski definition) is 8. The second-order valence-corrected chi connectivity index (χ2v) is 16.7. The molecule has 0 atom stereocenters. The van der Waals surface area contributed by atoms with E-state index in [1.54, 1.807) is 24.3 Å². The average molecular weight is 1020 g/mol. The van der Waals surface area contributed by atoms with Crippen LogP contribution in [0.1, 0.15) is 151 Å². The maximum Gasteiger partial charge on any atom is 2.00 e. The van der Waals surface area contributed by atoms with Gasteiger partial charge in [-0.2, -0.15) is 83.1 Å². The Bertz CT molecular complexity index is 1180. The molecule has 0 spiro atoms. The van der Waals surface area contributed by atoms with Crippen LogP contribution < -0.4 is 47.9 Å². The van der Waals surface area contributed by atoms with E-state index in [-0.39, 0.29) is 88.5 Å². The van der Waals surface area contributed by atoms with Crippen LogP contribution in [-0.4, -0.2) is 78.7 Å². The Morgan fingerprint density at radius 1 is 0.373 bits per heavy atom. The molecule has 3 aromatic rings. The van der Waals surface area contributed by atoms with E-state index in [2.05, 4.69) is 112 Å². The molecule has 0 aromatic heterocycles. The van der Waals surface area contributed by atoms with Crippen molar-refractivity contribution in [3.63, 3.8) is 0 Å². The van der Waals surface area contributed by atoms with E-state index >= 15 is 0 Å². The van der Waals surface area contributed by atoms with Gasteiger partial charge in [-0.05, 0) is 81.2 Å². The molecule has 4 aliphatic rings. The fourth-order valence-corrected chi connectivity index (χ4v) is 4.00. The minimum Gasteiger partial charge on any atom is -0.859 e. The van der Waals surface area contributed by atoms with Crippen LogP contribution in [0.4, 0.5) is 0 Å². The Kier molecular flexibility index (Phi) is 82.7. The van der Waals surface area contributed by atoms with Gasteiger partial charge in [-0.25, -0.2) is 0 Å². The molecule has 8 nitrogen and oxygen atoms in total. The predicted octanol–water partition coefficient (Wildman–Crippen LogP) is 6.51. The van der Waals surface area contributed by atoms with Gasteiger partial charge in [-0.3, -0.25) is 0 Å². The SMILES string of the molecule is C1CCOC1.C1CCOC1.C1CCOC1.C1CCOC1.CN=C([O-])c1ccccc1.CN=C([O-])c1ccccc1.C[C-](C)C.C[C-](C)C.C[C-](C)C.C[C-](C)C.Cc1ccccc1.[Li+].[Li+].[Zn+2].[Zn+2]. The molecule has 4 aliphatic heterocycles. The van der Waals surface area contributed by atoms with Gasteiger partial charge in [0.25, 0.3) is 0 Å². The Morgan fingerprint density at radius 3 is 0.642 bits per heavy atom. The molecule has 7 rings (SSSR count). The van der Waals surface area contributed by atoms with Gasteiger partial charge in [0.2, 0.25) is 0 Å². The van der Waals surface area contributed by atoms with E-state index in [1.807, 2.05) is 54.6 Å². The molecular weight excluding hydrogens is 929 g/mol. The summed E-state index contributed by atoms with van der Waals surface area (Å²) in [5.74, 6) is 5.33. The number of rotatable bonds is 2. The molecule has 0 bridgehead atoms. The van der Waals surface area contributed by atoms with Gasteiger partial charge in [-0.15, -0.1) is 0 Å². The maximum absolute atomic E-state index is 10.8. The van der Waals surface area contributed by atoms with Crippen LogP contribution in [0.2, 0.25) is 0 Å². The van der Waals surface area contributed by atoms with Crippen molar-refractivity contribution < 1.29 is 106 Å². The first-order chi connectivity index (χ1) is 30.0. The van der Waals surface area contributed by atoms with E-state index < -0.39 is 0 Å². The molecule has 0 unspecified atom stereocenters. The number of aryl methyl sites for hydroxylation is 1. The third-order valence-electron chi connectivity index (χ3n) is 6.70. The molecule has 0 N–H and O–H groups in total. The summed E-state index contributed by atoms with van der Waals surface area (Å²) < 4.78 is 19.8. The van der Waals surface area contributed by atoms with Crippen LogP contribution in [0, 0.1) is 30.6 Å². The topological polar surface area (TPSA) is 108 Å². The fourth-order valence-electron chi connectivity index (χ4n) is 4.00. The largest absolute Gasteiger partial charge is 2.00 e. The molecule has 0 saturated carbocycles. The number of hydrogen-bond donors (Lipinski definition) is 0. The van der Waals surface area contributed by atoms with Crippen molar-refractivity contribution in [3.05, 3.63) is 131 Å². The third-order valence-corrected chi connectivity index (χ3v) is 6.70. The van der Waals surface area contributed by atoms with E-state index in [0.717, 1.165) is 52.9 Å². The standard InChI is InChI=1S/2C8H9NO.C7H8.4C4H8O.4C4H9.2Li.2Zn/c2*1-9-8(10)7-5-3-2-4-6-7;1-7-5-3-2-4-6-7;4*1-2-4-5-3-1;4*1-4(2)3;;;;/h2*2-6H,1H3,(H,9,10);2-6H,1H3;4*1-4H2;4*1-3H3;;;;/q;;;;;;;4*-1;2*+1;2*+2/p-2. The molecular formula is C55H92Li2N2O6Zn2. The monoisotopic (exact) mass is 1020 g/mol. The number of ether oxygens (including phenoxy) is 4. The Balaban J connectivity index is -0.0000000964. The summed E-state index contributed by atoms with van der Waals surface area (Å²) >= 11 is 0. The molecule has 4 saturated heterocycles. The second kappa shape index (κ2) is 67.0. The summed E-state index contributed by atoms with van der Waals surface area (Å²) in [5, 5.41) is 21.7. The smallest absolute Gasteiger partial charge is 0.859 e. The van der Waals surface area contributed by atoms with E-state index in [4.69, 9.17) is 18.9 Å². The summed E-state index contributed by atoms with van der Waals surface area (Å²) in [7, 11) is 2.99. The molecule has 0 amide bonds. The van der Waals surface area contributed by atoms with E-state index in [0.29, 0.717) is 11.1 Å². The Labute approximate surface area is 463 Å². The van der Waals surface area contributed by atoms with E-state index in [1.165, 1.54) is 94.7 Å². The zero-order valence-corrected chi connectivity index (χ0v) is 52.2. The van der Waals surface area contributed by atoms with Crippen molar-refractivity contribution in [1.82, 2.24) is 0 Å². The average Bonchev–Trinajstić information content (AvgIpc) is 4.12. The number of benzene rings is 3. The summed E-state index contributed by atoms with van der Waals surface area (Å²) in [5.41, 5.74) is 2.61. The van der Waals surface area contributed by atoms with Crippen molar-refractivity contribution in [2.75, 3.05) is 67.0 Å². The zero-order chi connectivity index (χ0) is 48.4. The quantitative estimate of drug-likeness (QED) is 0.126. The third kappa shape index (κ3) is 85.2. The van der Waals surface area contributed by atoms with Gasteiger partial charge in [0, 0.05) is 67.0 Å². The molecule has 3 aromatic carbocycles. The maximum atomic E-state index is 10.8. The molecule has 4 heterocycles. The first kappa shape index (κ1) is 82.8. The Morgan fingerprint density at radius 2 is 0.537 bits per heavy atom. The van der Waals surface area contributed by atoms with Gasteiger partial charge in [0.1, 0.15) is 0 Å². The van der Waals surface area contributed by atoms with Crippen LogP contribution in [0.15, 0.2) is 101 Å². The molecule has 0 aliphatic carbocycles. The summed E-state index contributed by atoms with van der Waals surface area (Å²) in [6.45, 7) is 35.1. The predicted molar refractivity (Wildman–Crippen MR) is 270 cm³/mol. The number of nitrogens with zero attached hydrogens (tertiary/aromatic N) is 2. The van der Waals surface area contributed by atoms with Crippen molar-refractivity contribution in [2.24, 2.45) is 9.98 Å². The van der Waals surface area contributed by atoms with Gasteiger partial charge in [0.15, 0.2) is 0 Å². The summed E-state index contributed by atoms with van der Waals surface area (Å²) in [6, 6.07) is 28.2. The first-order valence-electron chi connectivity index (χ1n) is 22.8. The normalized spacial score (nSPS) is 13.7. The van der Waals surface area contributed by atoms with Gasteiger partial charge in [0.05, 0.1) is 0 Å². The number of aliphatic imine (C=N–C) groups is 2. The van der Waals surface area contributed by atoms with Crippen molar-refractivity contribution >= 4 is 11.8 Å². The second-order valence-electron chi connectivity index (χ2n) is 16.7. The minimum absolute atomic E-state index is 0. The van der Waals surface area contributed by atoms with Crippen LogP contribution >= 0.6 is 0 Å². The van der Waals surface area contributed by atoms with Crippen molar-refractivity contribution in [1.29, 1.82) is 0 Å². The molecule has 0 radical (unpaired) electrons. The van der Waals surface area contributed by atoms with E-state index in [9.17, 15) is 10.2 Å². The van der Waals surface area contributed by atoms with Gasteiger partial charge < -0.3 is 62.8 Å². The van der Waals surface area contributed by atoms with Crippen LogP contribution in [0.25, 0.3) is 0 Å². The fraction of sp³-hybridized carbons (Fsp3) is 0.564. The minimum atomic E-state index is -0.166. The molecule has 67 heavy (non-hydrogen) atoms. The zero-order valence-electron chi connectivity index (χ0n) is 46.2. The van der Waals surface area contributed by atoms with Crippen molar-refractivity contribution in [2.45, 2.75) is 141 Å². The molecule has 4 fully saturated rings. The van der Waals surface area contributed by atoms with Crippen molar-refractivity contribution in [3.8, 4) is 0 Å². The molecule has 12 heteroatoms. The van der Waals surface area contributed by atoms with Crippen LogP contribution in [0.5, 0.6) is 0 Å². The van der Waals surface area contributed by atoms with Gasteiger partial charge in [-0.1, -0.05) is 96.6 Å². The summed E-state index contributed by atoms with van der Waals surface area (Å²) in [4.78, 5) is 7.04. The summed E-state index contributed by atoms with van der Waals surface area (Å²) in [6.07, 6.45) is 10.2. The van der Waals surface area contributed by atoms with Crippen LogP contribution in [-0.2, 0) is 57.9 Å². The van der Waals surface area contributed by atoms with Crippen LogP contribution in [0.3, 0.4) is 0 Å². The first-order valence-corrected chi connectivity index (χ1v) is 22.8. The van der Waals surface area contributed by atoms with Gasteiger partial charge >= 0.3 is 76.7 Å². The Hall–Kier alpha value is -1.12.